The first-order valence-corrected chi connectivity index (χ1v) is 11.6. The minimum absolute atomic E-state index is 0.195. The van der Waals surface area contributed by atoms with E-state index in [0.717, 1.165) is 5.56 Å². The normalized spacial score (nSPS) is 16.5. The van der Waals surface area contributed by atoms with Gasteiger partial charge in [-0.05, 0) is 42.7 Å². The molecule has 7 nitrogen and oxygen atoms in total. The van der Waals surface area contributed by atoms with Gasteiger partial charge in [0.25, 0.3) is 0 Å². The zero-order valence-electron chi connectivity index (χ0n) is 17.3. The molecule has 1 atom stereocenters. The molecule has 0 aromatic heterocycles. The zero-order chi connectivity index (χ0) is 22.4. The Morgan fingerprint density at radius 1 is 1.06 bits per heavy atom. The summed E-state index contributed by atoms with van der Waals surface area (Å²) in [4.78, 5) is 24.6. The molecule has 1 saturated heterocycles. The Kier molecular flexibility index (Phi) is 7.40. The number of nitrogens with zero attached hydrogens (tertiary/aromatic N) is 1. The van der Waals surface area contributed by atoms with Gasteiger partial charge in [-0.15, -0.1) is 0 Å². The molecule has 166 valence electrons. The molecule has 0 bridgehead atoms. The summed E-state index contributed by atoms with van der Waals surface area (Å²) in [5.74, 6) is -1.06. The van der Waals surface area contributed by atoms with E-state index in [1.54, 1.807) is 42.5 Å². The fraction of sp³-hybridized carbons (Fsp3) is 0.364. The van der Waals surface area contributed by atoms with Crippen LogP contribution < -0.4 is 10.6 Å². The van der Waals surface area contributed by atoms with Gasteiger partial charge in [-0.2, -0.15) is 4.31 Å². The number of carbonyl (C=O) groups excluding carboxylic acids is 2. The van der Waals surface area contributed by atoms with Gasteiger partial charge in [0.1, 0.15) is 11.9 Å². The lowest BCUT2D eigenvalue weighted by Crippen LogP contribution is -2.53. The van der Waals surface area contributed by atoms with Gasteiger partial charge >= 0.3 is 0 Å². The van der Waals surface area contributed by atoms with Gasteiger partial charge in [-0.1, -0.05) is 30.3 Å². The molecule has 0 saturated carbocycles. The van der Waals surface area contributed by atoms with Crippen LogP contribution in [-0.4, -0.2) is 49.7 Å². The van der Waals surface area contributed by atoms with E-state index >= 15 is 0 Å². The van der Waals surface area contributed by atoms with E-state index in [2.05, 4.69) is 10.6 Å². The van der Waals surface area contributed by atoms with Crippen LogP contribution in [-0.2, 0) is 26.0 Å². The Labute approximate surface area is 181 Å². The Balaban J connectivity index is 1.59. The van der Waals surface area contributed by atoms with E-state index in [9.17, 15) is 22.4 Å². The second-order valence-electron chi connectivity index (χ2n) is 7.58. The number of amides is 2. The molecule has 31 heavy (non-hydrogen) atoms. The number of halogens is 1. The average Bonchev–Trinajstić information content (AvgIpc) is 2.75. The van der Waals surface area contributed by atoms with Gasteiger partial charge in [0, 0.05) is 32.5 Å². The highest BCUT2D eigenvalue weighted by Crippen LogP contribution is 2.20. The van der Waals surface area contributed by atoms with Crippen LogP contribution in [0, 0.1) is 5.82 Å². The van der Waals surface area contributed by atoms with E-state index in [4.69, 9.17) is 0 Å². The van der Waals surface area contributed by atoms with Crippen LogP contribution in [0.2, 0.25) is 0 Å². The zero-order valence-corrected chi connectivity index (χ0v) is 18.1. The first kappa shape index (κ1) is 22.9. The van der Waals surface area contributed by atoms with Crippen LogP contribution in [0.25, 0.3) is 0 Å². The van der Waals surface area contributed by atoms with Crippen molar-refractivity contribution >= 4 is 21.8 Å². The second kappa shape index (κ2) is 10.0. The number of hydrogen-bond donors (Lipinski definition) is 2. The third kappa shape index (κ3) is 6.11. The Morgan fingerprint density at radius 3 is 2.26 bits per heavy atom. The number of carbonyl (C=O) groups is 2. The third-order valence-corrected chi connectivity index (χ3v) is 7.14. The molecule has 0 unspecified atom stereocenters. The lowest BCUT2D eigenvalue weighted by Gasteiger charge is -2.32. The highest BCUT2D eigenvalue weighted by Gasteiger charge is 2.31. The van der Waals surface area contributed by atoms with Gasteiger partial charge in [0.05, 0.1) is 4.90 Å². The quantitative estimate of drug-likeness (QED) is 0.677. The summed E-state index contributed by atoms with van der Waals surface area (Å²) in [5.41, 5.74) is 0.721. The van der Waals surface area contributed by atoms with E-state index in [0.29, 0.717) is 25.9 Å². The standard InChI is InChI=1S/C22H26FN3O4S/c1-16(27)24-21(15-17-7-9-18(23)10-8-17)22(28)25-19-11-13-26(14-12-19)31(29,30)20-5-3-2-4-6-20/h2-10,19,21H,11-15H2,1H3,(H,24,27)(H,25,28)/t21-/m1/s1. The molecule has 1 aliphatic heterocycles. The maximum absolute atomic E-state index is 13.1. The summed E-state index contributed by atoms with van der Waals surface area (Å²) in [7, 11) is -3.56. The molecule has 0 spiro atoms. The lowest BCUT2D eigenvalue weighted by molar-refractivity contribution is -0.128. The first-order valence-electron chi connectivity index (χ1n) is 10.1. The Bertz CT molecular complexity index is 1000. The van der Waals surface area contributed by atoms with Crippen molar-refractivity contribution in [1.29, 1.82) is 0 Å². The number of rotatable bonds is 7. The predicted octanol–water partition coefficient (Wildman–Crippen LogP) is 1.84. The highest BCUT2D eigenvalue weighted by atomic mass is 32.2. The summed E-state index contributed by atoms with van der Waals surface area (Å²) >= 11 is 0. The molecule has 1 aliphatic rings. The maximum atomic E-state index is 13.1. The first-order chi connectivity index (χ1) is 14.8. The second-order valence-corrected chi connectivity index (χ2v) is 9.52. The highest BCUT2D eigenvalue weighted by molar-refractivity contribution is 7.89. The smallest absolute Gasteiger partial charge is 0.243 e. The van der Waals surface area contributed by atoms with Crippen LogP contribution in [0.5, 0.6) is 0 Å². The molecule has 2 aromatic carbocycles. The largest absolute Gasteiger partial charge is 0.351 e. The van der Waals surface area contributed by atoms with Crippen molar-refractivity contribution in [2.24, 2.45) is 0 Å². The molecule has 0 radical (unpaired) electrons. The molecule has 1 heterocycles. The molecule has 3 rings (SSSR count). The minimum atomic E-state index is -3.56. The average molecular weight is 448 g/mol. The minimum Gasteiger partial charge on any atom is -0.351 e. The fourth-order valence-electron chi connectivity index (χ4n) is 3.59. The number of piperidine rings is 1. The fourth-order valence-corrected chi connectivity index (χ4v) is 5.09. The number of sulfonamides is 1. The number of hydrogen-bond acceptors (Lipinski definition) is 4. The van der Waals surface area contributed by atoms with Crippen molar-refractivity contribution in [1.82, 2.24) is 14.9 Å². The molecule has 9 heteroatoms. The maximum Gasteiger partial charge on any atom is 0.243 e. The molecule has 2 aromatic rings. The molecule has 2 amide bonds. The van der Waals surface area contributed by atoms with E-state index in [1.807, 2.05) is 0 Å². The van der Waals surface area contributed by atoms with Crippen molar-refractivity contribution < 1.29 is 22.4 Å². The van der Waals surface area contributed by atoms with E-state index in [-0.39, 0.29) is 35.0 Å². The van der Waals surface area contributed by atoms with Crippen molar-refractivity contribution in [3.8, 4) is 0 Å². The Morgan fingerprint density at radius 2 is 1.68 bits per heavy atom. The van der Waals surface area contributed by atoms with Gasteiger partial charge in [-0.25, -0.2) is 12.8 Å². The van der Waals surface area contributed by atoms with Crippen molar-refractivity contribution in [3.05, 3.63) is 66.0 Å². The van der Waals surface area contributed by atoms with E-state index < -0.39 is 16.1 Å². The molecule has 1 fully saturated rings. The summed E-state index contributed by atoms with van der Waals surface area (Å²) in [5, 5.41) is 5.55. The van der Waals surface area contributed by atoms with Gasteiger partial charge < -0.3 is 10.6 Å². The monoisotopic (exact) mass is 447 g/mol. The van der Waals surface area contributed by atoms with Gasteiger partial charge in [0.15, 0.2) is 0 Å². The van der Waals surface area contributed by atoms with Crippen LogP contribution in [0.15, 0.2) is 59.5 Å². The third-order valence-electron chi connectivity index (χ3n) is 5.23. The van der Waals surface area contributed by atoms with Gasteiger partial charge in [0.2, 0.25) is 21.8 Å². The topological polar surface area (TPSA) is 95.6 Å². The summed E-state index contributed by atoms with van der Waals surface area (Å²) in [6.07, 6.45) is 1.18. The van der Waals surface area contributed by atoms with Crippen molar-refractivity contribution in [2.75, 3.05) is 13.1 Å². The number of benzene rings is 2. The summed E-state index contributed by atoms with van der Waals surface area (Å²) in [6.45, 7) is 1.92. The lowest BCUT2D eigenvalue weighted by atomic mass is 10.0. The molecular weight excluding hydrogens is 421 g/mol. The van der Waals surface area contributed by atoms with Crippen molar-refractivity contribution in [2.45, 2.75) is 43.2 Å². The van der Waals surface area contributed by atoms with Crippen LogP contribution in [0.1, 0.15) is 25.3 Å². The molecule has 2 N–H and O–H groups in total. The van der Waals surface area contributed by atoms with Crippen LogP contribution in [0.4, 0.5) is 4.39 Å². The summed E-state index contributed by atoms with van der Waals surface area (Å²) in [6, 6.07) is 13.0. The Hall–Kier alpha value is -2.78. The number of nitrogens with one attached hydrogen (secondary N) is 2. The SMILES string of the molecule is CC(=O)N[C@H](Cc1ccc(F)cc1)C(=O)NC1CCN(S(=O)(=O)c2ccccc2)CC1. The van der Waals surface area contributed by atoms with E-state index in [1.165, 1.54) is 23.4 Å². The molecule has 0 aliphatic carbocycles. The summed E-state index contributed by atoms with van der Waals surface area (Å²) < 4.78 is 40.0. The predicted molar refractivity (Wildman–Crippen MR) is 114 cm³/mol. The molecular formula is C22H26FN3O4S. The van der Waals surface area contributed by atoms with Crippen LogP contribution >= 0.6 is 0 Å². The van der Waals surface area contributed by atoms with Crippen molar-refractivity contribution in [3.63, 3.8) is 0 Å². The van der Waals surface area contributed by atoms with Gasteiger partial charge in [-0.3, -0.25) is 9.59 Å². The van der Waals surface area contributed by atoms with Crippen LogP contribution in [0.3, 0.4) is 0 Å².